The van der Waals surface area contributed by atoms with E-state index in [9.17, 15) is 4.39 Å². The maximum atomic E-state index is 13.0. The number of benzene rings is 1. The maximum absolute atomic E-state index is 13.0. The van der Waals surface area contributed by atoms with Crippen molar-refractivity contribution in [3.8, 4) is 0 Å². The molecule has 1 aromatic carbocycles. The molecule has 0 aliphatic rings. The van der Waals surface area contributed by atoms with Gasteiger partial charge in [0.15, 0.2) is 0 Å². The first-order valence-electron chi connectivity index (χ1n) is 3.63. The van der Waals surface area contributed by atoms with E-state index in [1.165, 1.54) is 17.4 Å². The summed E-state index contributed by atoms with van der Waals surface area (Å²) in [5, 5.41) is 3.02. The second-order valence-electron chi connectivity index (χ2n) is 2.66. The van der Waals surface area contributed by atoms with Crippen molar-refractivity contribution >= 4 is 44.6 Å². The number of thiophene rings is 1. The van der Waals surface area contributed by atoms with E-state index in [1.54, 1.807) is 6.07 Å². The van der Waals surface area contributed by atoms with Crippen molar-refractivity contribution in [2.24, 2.45) is 0 Å². The van der Waals surface area contributed by atoms with Crippen molar-refractivity contribution in [3.05, 3.63) is 33.9 Å². The van der Waals surface area contributed by atoms with Gasteiger partial charge in [-0.1, -0.05) is 11.6 Å². The molecule has 0 fully saturated rings. The van der Waals surface area contributed by atoms with Crippen molar-refractivity contribution in [1.82, 2.24) is 0 Å². The molecule has 0 bridgehead atoms. The predicted molar refractivity (Wildman–Crippen MR) is 56.4 cm³/mol. The van der Waals surface area contributed by atoms with E-state index in [1.807, 2.05) is 5.38 Å². The molecule has 1 heterocycles. The molecule has 0 radical (unpaired) electrons. The van der Waals surface area contributed by atoms with Gasteiger partial charge in [0, 0.05) is 10.6 Å². The van der Waals surface area contributed by atoms with Crippen LogP contribution in [0.1, 0.15) is 5.56 Å². The van der Waals surface area contributed by atoms with Crippen LogP contribution >= 0.6 is 34.5 Å². The van der Waals surface area contributed by atoms with Crippen molar-refractivity contribution in [2.75, 3.05) is 0 Å². The molecule has 4 heteroatoms. The molecule has 1 aromatic heterocycles. The fourth-order valence-corrected chi connectivity index (χ4v) is 2.62. The average molecular weight is 235 g/mol. The summed E-state index contributed by atoms with van der Waals surface area (Å²) >= 11 is 12.8. The monoisotopic (exact) mass is 234 g/mol. The highest BCUT2D eigenvalue weighted by molar-refractivity contribution is 7.17. The molecule has 68 valence electrons. The number of hydrogen-bond acceptors (Lipinski definition) is 1. The fraction of sp³-hybridized carbons (Fsp3) is 0.111. The molecule has 0 aliphatic carbocycles. The third-order valence-electron chi connectivity index (χ3n) is 1.84. The zero-order chi connectivity index (χ0) is 9.42. The third-order valence-corrected chi connectivity index (χ3v) is 3.41. The van der Waals surface area contributed by atoms with Gasteiger partial charge in [-0.15, -0.1) is 22.9 Å². The molecule has 0 N–H and O–H groups in total. The molecule has 13 heavy (non-hydrogen) atoms. The van der Waals surface area contributed by atoms with Crippen LogP contribution in [-0.4, -0.2) is 0 Å². The largest absolute Gasteiger partial charge is 0.205 e. The van der Waals surface area contributed by atoms with Gasteiger partial charge < -0.3 is 0 Å². The van der Waals surface area contributed by atoms with E-state index in [-0.39, 0.29) is 10.8 Å². The molecule has 0 spiro atoms. The Morgan fingerprint density at radius 2 is 2.15 bits per heavy atom. The van der Waals surface area contributed by atoms with Crippen molar-refractivity contribution in [3.63, 3.8) is 0 Å². The van der Waals surface area contributed by atoms with Gasteiger partial charge in [-0.3, -0.25) is 0 Å². The zero-order valence-corrected chi connectivity index (χ0v) is 8.81. The summed E-state index contributed by atoms with van der Waals surface area (Å²) < 4.78 is 13.9. The molecule has 2 rings (SSSR count). The average Bonchev–Trinajstić information content (AvgIpc) is 2.48. The van der Waals surface area contributed by atoms with Gasteiger partial charge >= 0.3 is 0 Å². The Bertz CT molecular complexity index is 450. The fourth-order valence-electron chi connectivity index (χ4n) is 1.18. The van der Waals surface area contributed by atoms with Crippen LogP contribution in [0.15, 0.2) is 17.5 Å². The number of hydrogen-bond donors (Lipinski definition) is 0. The Labute approximate surface area is 88.9 Å². The summed E-state index contributed by atoms with van der Waals surface area (Å²) in [6.45, 7) is 0. The van der Waals surface area contributed by atoms with Gasteiger partial charge in [0.2, 0.25) is 0 Å². The van der Waals surface area contributed by atoms with Crippen LogP contribution in [0.4, 0.5) is 4.39 Å². The van der Waals surface area contributed by atoms with Gasteiger partial charge in [-0.25, -0.2) is 4.39 Å². The Morgan fingerprint density at radius 1 is 1.38 bits per heavy atom. The van der Waals surface area contributed by atoms with E-state index in [4.69, 9.17) is 23.2 Å². The minimum atomic E-state index is -0.378. The molecule has 0 atom stereocenters. The van der Waals surface area contributed by atoms with Crippen LogP contribution in [0.2, 0.25) is 5.02 Å². The lowest BCUT2D eigenvalue weighted by Gasteiger charge is -1.96. The van der Waals surface area contributed by atoms with Crippen LogP contribution in [0, 0.1) is 5.82 Å². The Kier molecular flexibility index (Phi) is 2.45. The minimum absolute atomic E-state index is 0.150. The highest BCUT2D eigenvalue weighted by Gasteiger charge is 2.07. The molecule has 0 saturated heterocycles. The van der Waals surface area contributed by atoms with E-state index in [0.717, 1.165) is 15.6 Å². The Balaban J connectivity index is 2.77. The maximum Gasteiger partial charge on any atom is 0.143 e. The number of halogens is 3. The number of alkyl halides is 1. The summed E-state index contributed by atoms with van der Waals surface area (Å²) in [6, 6.07) is 3.07. The van der Waals surface area contributed by atoms with Crippen LogP contribution in [-0.2, 0) is 5.88 Å². The first-order chi connectivity index (χ1) is 6.22. The van der Waals surface area contributed by atoms with E-state index < -0.39 is 0 Å². The summed E-state index contributed by atoms with van der Waals surface area (Å²) in [5.41, 5.74) is 1.00. The van der Waals surface area contributed by atoms with Crippen LogP contribution in [0.25, 0.3) is 10.1 Å². The lowest BCUT2D eigenvalue weighted by Crippen LogP contribution is -1.77. The first kappa shape index (κ1) is 9.25. The Hall–Kier alpha value is -0.310. The summed E-state index contributed by atoms with van der Waals surface area (Å²) in [7, 11) is 0. The minimum Gasteiger partial charge on any atom is -0.205 e. The predicted octanol–water partition coefficient (Wildman–Crippen LogP) is 4.43. The van der Waals surface area contributed by atoms with E-state index in [2.05, 4.69) is 0 Å². The van der Waals surface area contributed by atoms with Crippen LogP contribution < -0.4 is 0 Å². The molecule has 0 unspecified atom stereocenters. The van der Waals surface area contributed by atoms with E-state index >= 15 is 0 Å². The highest BCUT2D eigenvalue weighted by atomic mass is 35.5. The lowest BCUT2D eigenvalue weighted by atomic mass is 10.2. The highest BCUT2D eigenvalue weighted by Crippen LogP contribution is 2.31. The molecule has 0 nitrogen and oxygen atoms in total. The van der Waals surface area contributed by atoms with Gasteiger partial charge in [0.05, 0.1) is 5.02 Å². The number of fused-ring (bicyclic) bond motifs is 1. The lowest BCUT2D eigenvalue weighted by molar-refractivity contribution is 0.630. The molecular weight excluding hydrogens is 230 g/mol. The van der Waals surface area contributed by atoms with Gasteiger partial charge in [-0.2, -0.15) is 0 Å². The Morgan fingerprint density at radius 3 is 2.85 bits per heavy atom. The molecule has 0 amide bonds. The van der Waals surface area contributed by atoms with Crippen molar-refractivity contribution in [2.45, 2.75) is 5.88 Å². The second kappa shape index (κ2) is 3.45. The number of rotatable bonds is 1. The van der Waals surface area contributed by atoms with Crippen LogP contribution in [0.3, 0.4) is 0 Å². The smallest absolute Gasteiger partial charge is 0.143 e. The first-order valence-corrected chi connectivity index (χ1v) is 5.42. The summed E-state index contributed by atoms with van der Waals surface area (Å²) in [5.74, 6) is 0.0549. The molecule has 2 aromatic rings. The quantitative estimate of drug-likeness (QED) is 0.641. The third kappa shape index (κ3) is 1.54. The van der Waals surface area contributed by atoms with Crippen LogP contribution in [0.5, 0.6) is 0 Å². The van der Waals surface area contributed by atoms with Crippen molar-refractivity contribution in [1.29, 1.82) is 0 Å². The standard InChI is InChI=1S/C9H5Cl2FS/c10-3-5-4-13-9-2-8(12)7(11)1-6(5)9/h1-2,4H,3H2. The SMILES string of the molecule is Fc1cc2scc(CCl)c2cc1Cl. The normalized spacial score (nSPS) is 11.0. The molecule has 0 saturated carbocycles. The zero-order valence-electron chi connectivity index (χ0n) is 6.48. The molecular formula is C9H5Cl2FS. The summed E-state index contributed by atoms with van der Waals surface area (Å²) in [4.78, 5) is 0. The van der Waals surface area contributed by atoms with Gasteiger partial charge in [0.1, 0.15) is 5.82 Å². The summed E-state index contributed by atoms with van der Waals surface area (Å²) in [6.07, 6.45) is 0. The van der Waals surface area contributed by atoms with Gasteiger partial charge in [0.25, 0.3) is 0 Å². The van der Waals surface area contributed by atoms with Crippen molar-refractivity contribution < 1.29 is 4.39 Å². The molecule has 0 aliphatic heterocycles. The second-order valence-corrected chi connectivity index (χ2v) is 4.24. The van der Waals surface area contributed by atoms with Gasteiger partial charge in [-0.05, 0) is 28.5 Å². The topological polar surface area (TPSA) is 0 Å². The van der Waals surface area contributed by atoms with E-state index in [0.29, 0.717) is 5.88 Å².